The molecule has 0 bridgehead atoms. The summed E-state index contributed by atoms with van der Waals surface area (Å²) in [6.07, 6.45) is 2.03. The zero-order chi connectivity index (χ0) is 19.8. The Morgan fingerprint density at radius 2 is 1.93 bits per heavy atom. The van der Waals surface area contributed by atoms with Crippen LogP contribution in [0.2, 0.25) is 0 Å². The maximum Gasteiger partial charge on any atom is 0.269 e. The first-order valence-corrected chi connectivity index (χ1v) is 8.91. The molecule has 0 atom stereocenters. The largest absolute Gasteiger partial charge is 0.494 e. The number of non-ortho nitro benzene ring substituents is 1. The number of amides is 1. The fourth-order valence-corrected chi connectivity index (χ4v) is 2.47. The minimum atomic E-state index is -0.466. The lowest BCUT2D eigenvalue weighted by atomic mass is 10.2. The predicted octanol–water partition coefficient (Wildman–Crippen LogP) is 4.21. The minimum absolute atomic E-state index is 0.00532. The first-order valence-electron chi connectivity index (χ1n) is 8.51. The second-order valence-corrected chi connectivity index (χ2v) is 6.30. The van der Waals surface area contributed by atoms with E-state index in [4.69, 9.17) is 17.0 Å². The second-order valence-electron chi connectivity index (χ2n) is 5.89. The van der Waals surface area contributed by atoms with Crippen LogP contribution in [0.3, 0.4) is 0 Å². The van der Waals surface area contributed by atoms with E-state index in [-0.39, 0.29) is 16.7 Å². The van der Waals surface area contributed by atoms with Crippen LogP contribution in [0.4, 0.5) is 11.4 Å². The van der Waals surface area contributed by atoms with E-state index in [1.807, 2.05) is 0 Å². The number of ether oxygens (including phenoxy) is 1. The van der Waals surface area contributed by atoms with E-state index in [2.05, 4.69) is 17.6 Å². The molecule has 0 aliphatic heterocycles. The summed E-state index contributed by atoms with van der Waals surface area (Å²) in [4.78, 5) is 22.6. The van der Waals surface area contributed by atoms with Crippen LogP contribution in [0.5, 0.6) is 5.75 Å². The molecule has 0 spiro atoms. The van der Waals surface area contributed by atoms with Crippen molar-refractivity contribution in [2.45, 2.75) is 26.7 Å². The van der Waals surface area contributed by atoms with Gasteiger partial charge in [-0.3, -0.25) is 20.2 Å². The van der Waals surface area contributed by atoms with Gasteiger partial charge in [-0.1, -0.05) is 13.3 Å². The molecular weight excluding hydrogens is 366 g/mol. The topological polar surface area (TPSA) is 93.5 Å². The van der Waals surface area contributed by atoms with Crippen LogP contribution in [-0.2, 0) is 0 Å². The number of hydrogen-bond donors (Lipinski definition) is 2. The summed E-state index contributed by atoms with van der Waals surface area (Å²) in [6, 6.07) is 11.2. The number of thiocarbonyl (C=S) groups is 1. The third-order valence-corrected chi connectivity index (χ3v) is 3.98. The van der Waals surface area contributed by atoms with Crippen LogP contribution in [-0.4, -0.2) is 22.5 Å². The molecule has 0 radical (unpaired) electrons. The third-order valence-electron chi connectivity index (χ3n) is 3.78. The first-order chi connectivity index (χ1) is 12.9. The highest BCUT2D eigenvalue weighted by Crippen LogP contribution is 2.21. The van der Waals surface area contributed by atoms with E-state index in [1.54, 1.807) is 37.3 Å². The van der Waals surface area contributed by atoms with E-state index < -0.39 is 4.92 Å². The molecule has 0 saturated heterocycles. The van der Waals surface area contributed by atoms with Gasteiger partial charge in [0.15, 0.2) is 5.11 Å². The average Bonchev–Trinajstić information content (AvgIpc) is 2.64. The van der Waals surface area contributed by atoms with Gasteiger partial charge in [-0.15, -0.1) is 0 Å². The molecule has 2 aromatic rings. The lowest BCUT2D eigenvalue weighted by molar-refractivity contribution is -0.384. The van der Waals surface area contributed by atoms with Gasteiger partial charge in [-0.05, 0) is 61.5 Å². The maximum absolute atomic E-state index is 12.3. The Hall–Kier alpha value is -3.00. The van der Waals surface area contributed by atoms with E-state index in [9.17, 15) is 14.9 Å². The van der Waals surface area contributed by atoms with Gasteiger partial charge in [0.1, 0.15) is 5.75 Å². The van der Waals surface area contributed by atoms with Gasteiger partial charge in [-0.25, -0.2) is 0 Å². The monoisotopic (exact) mass is 387 g/mol. The minimum Gasteiger partial charge on any atom is -0.494 e. The lowest BCUT2D eigenvalue weighted by Gasteiger charge is -2.12. The molecule has 0 fully saturated rings. The molecule has 2 N–H and O–H groups in total. The number of carbonyl (C=O) groups excluding carboxylic acids is 1. The van der Waals surface area contributed by atoms with Crippen molar-refractivity contribution in [3.8, 4) is 5.75 Å². The molecule has 0 heterocycles. The Labute approximate surface area is 162 Å². The molecule has 142 valence electrons. The van der Waals surface area contributed by atoms with Crippen LogP contribution >= 0.6 is 12.2 Å². The van der Waals surface area contributed by atoms with E-state index in [0.717, 1.165) is 12.8 Å². The molecule has 0 aliphatic carbocycles. The molecule has 27 heavy (non-hydrogen) atoms. The van der Waals surface area contributed by atoms with Crippen LogP contribution in [0.15, 0.2) is 42.5 Å². The fraction of sp³-hybridized carbons (Fsp3) is 0.263. The second kappa shape index (κ2) is 9.63. The lowest BCUT2D eigenvalue weighted by Crippen LogP contribution is -2.34. The van der Waals surface area contributed by atoms with Crippen LogP contribution in [0, 0.1) is 17.0 Å². The van der Waals surface area contributed by atoms with Crippen molar-refractivity contribution in [2.24, 2.45) is 0 Å². The number of nitro groups is 1. The standard InChI is InChI=1S/C19H21N3O4S/c1-3-4-11-26-16-8-5-14(6-9-16)18(23)21-19(27)20-17-10-7-15(22(24)25)12-13(17)2/h5-10,12H,3-4,11H2,1-2H3,(H2,20,21,23,27). The van der Waals surface area contributed by atoms with Crippen molar-refractivity contribution in [1.29, 1.82) is 0 Å². The van der Waals surface area contributed by atoms with Crippen LogP contribution < -0.4 is 15.4 Å². The molecular formula is C19H21N3O4S. The number of anilines is 1. The zero-order valence-electron chi connectivity index (χ0n) is 15.2. The Kier molecular flexibility index (Phi) is 7.25. The Balaban J connectivity index is 1.93. The number of hydrogen-bond acceptors (Lipinski definition) is 5. The predicted molar refractivity (Wildman–Crippen MR) is 108 cm³/mol. The number of aryl methyl sites for hydroxylation is 1. The molecule has 2 rings (SSSR count). The summed E-state index contributed by atoms with van der Waals surface area (Å²) >= 11 is 5.15. The third kappa shape index (κ3) is 6.03. The Morgan fingerprint density at radius 3 is 2.52 bits per heavy atom. The highest BCUT2D eigenvalue weighted by Gasteiger charge is 2.11. The molecule has 0 unspecified atom stereocenters. The van der Waals surface area contributed by atoms with Crippen molar-refractivity contribution < 1.29 is 14.5 Å². The fourth-order valence-electron chi connectivity index (χ4n) is 2.27. The molecule has 1 amide bonds. The number of carbonyl (C=O) groups is 1. The molecule has 0 saturated carbocycles. The smallest absolute Gasteiger partial charge is 0.269 e. The summed E-state index contributed by atoms with van der Waals surface area (Å²) in [5.74, 6) is 0.356. The van der Waals surface area contributed by atoms with Crippen molar-refractivity contribution in [1.82, 2.24) is 5.32 Å². The maximum atomic E-state index is 12.3. The van der Waals surface area contributed by atoms with Crippen molar-refractivity contribution in [2.75, 3.05) is 11.9 Å². The first kappa shape index (κ1) is 20.3. The van der Waals surface area contributed by atoms with Gasteiger partial charge < -0.3 is 10.1 Å². The van der Waals surface area contributed by atoms with Gasteiger partial charge >= 0.3 is 0 Å². The summed E-state index contributed by atoms with van der Waals surface area (Å²) in [6.45, 7) is 4.45. The van der Waals surface area contributed by atoms with E-state index in [1.165, 1.54) is 12.1 Å². The summed E-state index contributed by atoms with van der Waals surface area (Å²) in [5, 5.41) is 16.4. The van der Waals surface area contributed by atoms with Gasteiger partial charge in [0.2, 0.25) is 0 Å². The summed E-state index contributed by atoms with van der Waals surface area (Å²) in [5.41, 5.74) is 1.68. The Bertz CT molecular complexity index is 837. The van der Waals surface area contributed by atoms with Gasteiger partial charge in [0.25, 0.3) is 11.6 Å². The highest BCUT2D eigenvalue weighted by atomic mass is 32.1. The number of nitrogens with one attached hydrogen (secondary N) is 2. The van der Waals surface area contributed by atoms with Gasteiger partial charge in [-0.2, -0.15) is 0 Å². The molecule has 8 heteroatoms. The van der Waals surface area contributed by atoms with Crippen molar-refractivity contribution >= 4 is 34.6 Å². The number of nitro benzene ring substituents is 1. The summed E-state index contributed by atoms with van der Waals surface area (Å²) in [7, 11) is 0. The van der Waals surface area contributed by atoms with Crippen LogP contribution in [0.1, 0.15) is 35.7 Å². The molecule has 0 aliphatic rings. The zero-order valence-corrected chi connectivity index (χ0v) is 16.0. The average molecular weight is 387 g/mol. The van der Waals surface area contributed by atoms with Crippen molar-refractivity contribution in [3.63, 3.8) is 0 Å². The number of rotatable bonds is 7. The van der Waals surface area contributed by atoms with Gasteiger partial charge in [0.05, 0.1) is 11.5 Å². The molecule has 0 aromatic heterocycles. The van der Waals surface area contributed by atoms with Crippen LogP contribution in [0.25, 0.3) is 0 Å². The SMILES string of the molecule is CCCCOc1ccc(C(=O)NC(=S)Nc2ccc([N+](=O)[O-])cc2C)cc1. The molecule has 2 aromatic carbocycles. The number of benzene rings is 2. The molecule has 7 nitrogen and oxygen atoms in total. The quantitative estimate of drug-likeness (QED) is 0.320. The van der Waals surface area contributed by atoms with E-state index in [0.29, 0.717) is 29.2 Å². The van der Waals surface area contributed by atoms with Crippen molar-refractivity contribution in [3.05, 3.63) is 63.7 Å². The highest BCUT2D eigenvalue weighted by molar-refractivity contribution is 7.80. The number of unbranched alkanes of at least 4 members (excludes halogenated alkanes) is 1. The summed E-state index contributed by atoms with van der Waals surface area (Å²) < 4.78 is 5.56. The normalized spacial score (nSPS) is 10.1. The van der Waals surface area contributed by atoms with E-state index >= 15 is 0 Å². The van der Waals surface area contributed by atoms with Gasteiger partial charge in [0, 0.05) is 23.4 Å². The number of nitrogens with zero attached hydrogens (tertiary/aromatic N) is 1. The Morgan fingerprint density at radius 1 is 1.22 bits per heavy atom.